The number of nitrogens with zero attached hydrogens (tertiary/aromatic N) is 2. The van der Waals surface area contributed by atoms with Crippen molar-refractivity contribution in [3.8, 4) is 5.75 Å². The normalized spacial score (nSPS) is 15.2. The van der Waals surface area contributed by atoms with Crippen LogP contribution in [0.3, 0.4) is 0 Å². The molecule has 2 aliphatic rings. The minimum absolute atomic E-state index is 0. The van der Waals surface area contributed by atoms with E-state index in [0.29, 0.717) is 17.0 Å². The lowest BCUT2D eigenvalue weighted by atomic mass is 9.99. The molecule has 10 rings (SSSR count). The zero-order valence-electron chi connectivity index (χ0n) is 38.2. The molecule has 0 bridgehead atoms. The third-order valence-corrected chi connectivity index (χ3v) is 12.2. The predicted octanol–water partition coefficient (Wildman–Crippen LogP) is 15.2. The highest BCUT2D eigenvalue weighted by molar-refractivity contribution is 6.13. The van der Waals surface area contributed by atoms with Gasteiger partial charge in [0.1, 0.15) is 18.1 Å². The van der Waals surface area contributed by atoms with Crippen molar-refractivity contribution in [2.45, 2.75) is 72.1 Å². The lowest BCUT2D eigenvalue weighted by Gasteiger charge is -2.38. The molecule has 2 heterocycles. The maximum Gasteiger partial charge on any atom is 0.262 e. The lowest BCUT2D eigenvalue weighted by Crippen LogP contribution is -2.43. The number of benzene rings is 8. The summed E-state index contributed by atoms with van der Waals surface area (Å²) in [5.41, 5.74) is 9.56. The van der Waals surface area contributed by atoms with Crippen molar-refractivity contribution in [3.05, 3.63) is 209 Å². The molecule has 8 aromatic rings. The number of ether oxygens (including phenoxy) is 1. The third kappa shape index (κ3) is 9.32. The molecule has 8 aromatic carbocycles. The van der Waals surface area contributed by atoms with Gasteiger partial charge >= 0.3 is 0 Å². The monoisotopic (exact) mass is 862 g/mol. The quantitative estimate of drug-likeness (QED) is 0.151. The molecule has 0 radical (unpaired) electrons. The van der Waals surface area contributed by atoms with E-state index in [0.717, 1.165) is 56.8 Å². The van der Waals surface area contributed by atoms with Crippen LogP contribution in [0, 0.1) is 0 Å². The Balaban J connectivity index is 0.000000208. The second kappa shape index (κ2) is 20.0. The van der Waals surface area contributed by atoms with Crippen LogP contribution in [-0.4, -0.2) is 18.9 Å². The van der Waals surface area contributed by atoms with Crippen LogP contribution >= 0.6 is 0 Å². The smallest absolute Gasteiger partial charge is 0.262 e. The van der Waals surface area contributed by atoms with E-state index in [2.05, 4.69) is 135 Å². The first-order valence-electron chi connectivity index (χ1n) is 22.9. The molecule has 2 unspecified atom stereocenters. The highest BCUT2D eigenvalue weighted by Crippen LogP contribution is 2.40. The summed E-state index contributed by atoms with van der Waals surface area (Å²) in [5.74, 6) is 1.30. The number of carbonyl (C=O) groups is 2. The van der Waals surface area contributed by atoms with E-state index < -0.39 is 0 Å². The van der Waals surface area contributed by atoms with E-state index in [1.54, 1.807) is 7.11 Å². The van der Waals surface area contributed by atoms with Gasteiger partial charge in [0.05, 0.1) is 18.2 Å². The van der Waals surface area contributed by atoms with Gasteiger partial charge in [0.2, 0.25) is 0 Å². The van der Waals surface area contributed by atoms with Gasteiger partial charge in [0.15, 0.2) is 0 Å². The summed E-state index contributed by atoms with van der Waals surface area (Å²) >= 11 is 0. The van der Waals surface area contributed by atoms with E-state index in [1.807, 2.05) is 96.4 Å². The summed E-state index contributed by atoms with van der Waals surface area (Å²) in [6.45, 7) is 10.6. The second-order valence-corrected chi connectivity index (χ2v) is 16.6. The topological polar surface area (TPSA) is 73.9 Å². The molecule has 0 aromatic heterocycles. The van der Waals surface area contributed by atoms with Crippen LogP contribution in [0.4, 0.5) is 22.7 Å². The molecule has 0 fully saturated rings. The summed E-state index contributed by atoms with van der Waals surface area (Å²) < 4.78 is 5.37. The number of rotatable bonds is 9. The number of aryl methyl sites for hydroxylation is 1. The van der Waals surface area contributed by atoms with Gasteiger partial charge in [-0.05, 0) is 135 Å². The SMILES string of the molecule is CC.CC(C)c1ccc(N2C(=O)c3ccccc3NC2c2ccc3ccccc3c2)cc1.CCCCc1ccc(N2C(=O)c3ccccc3NC2c2ccc3cc(OC)ccc3c2)cc1.[HH].[HH]. The lowest BCUT2D eigenvalue weighted by molar-refractivity contribution is 0.0967. The van der Waals surface area contributed by atoms with Crippen LogP contribution in [0.2, 0.25) is 0 Å². The maximum absolute atomic E-state index is 13.7. The van der Waals surface area contributed by atoms with Crippen molar-refractivity contribution >= 4 is 56.1 Å². The number of anilines is 4. The molecule has 0 aliphatic carbocycles. The van der Waals surface area contributed by atoms with E-state index in [4.69, 9.17) is 4.74 Å². The molecular formula is C58H62N4O3. The molecule has 332 valence electrons. The molecule has 2 aliphatic heterocycles. The Hall–Kier alpha value is -7.38. The fourth-order valence-electron chi connectivity index (χ4n) is 8.65. The second-order valence-electron chi connectivity index (χ2n) is 16.6. The number of hydrogen-bond acceptors (Lipinski definition) is 5. The molecule has 2 atom stereocenters. The minimum atomic E-state index is -0.305. The maximum atomic E-state index is 13.7. The largest absolute Gasteiger partial charge is 0.497 e. The zero-order chi connectivity index (χ0) is 45.5. The van der Waals surface area contributed by atoms with Gasteiger partial charge in [-0.3, -0.25) is 19.4 Å². The van der Waals surface area contributed by atoms with Crippen LogP contribution < -0.4 is 25.2 Å². The number of fused-ring (bicyclic) bond motifs is 4. The van der Waals surface area contributed by atoms with Crippen LogP contribution in [-0.2, 0) is 6.42 Å². The molecular weight excluding hydrogens is 801 g/mol. The first kappa shape index (κ1) is 44.2. The number of carbonyl (C=O) groups excluding carboxylic acids is 2. The Morgan fingerprint density at radius 1 is 0.554 bits per heavy atom. The average Bonchev–Trinajstić information content (AvgIpc) is 3.36. The highest BCUT2D eigenvalue weighted by atomic mass is 16.5. The number of methoxy groups -OCH3 is 1. The van der Waals surface area contributed by atoms with Gasteiger partial charge in [-0.2, -0.15) is 0 Å². The molecule has 7 heteroatoms. The van der Waals surface area contributed by atoms with Crippen LogP contribution in [0.5, 0.6) is 5.75 Å². The summed E-state index contributed by atoms with van der Waals surface area (Å²) in [4.78, 5) is 31.0. The van der Waals surface area contributed by atoms with E-state index in [-0.39, 0.29) is 27.0 Å². The summed E-state index contributed by atoms with van der Waals surface area (Å²) in [5, 5.41) is 11.8. The zero-order valence-corrected chi connectivity index (χ0v) is 38.2. The minimum Gasteiger partial charge on any atom is -0.497 e. The van der Waals surface area contributed by atoms with Crippen molar-refractivity contribution in [1.29, 1.82) is 0 Å². The van der Waals surface area contributed by atoms with Gasteiger partial charge in [-0.1, -0.05) is 144 Å². The van der Waals surface area contributed by atoms with Crippen molar-refractivity contribution in [2.24, 2.45) is 0 Å². The Morgan fingerprint density at radius 3 is 1.55 bits per heavy atom. The van der Waals surface area contributed by atoms with Gasteiger partial charge in [0.25, 0.3) is 11.8 Å². The molecule has 65 heavy (non-hydrogen) atoms. The van der Waals surface area contributed by atoms with Gasteiger partial charge in [-0.15, -0.1) is 0 Å². The number of hydrogen-bond donors (Lipinski definition) is 2. The predicted molar refractivity (Wildman–Crippen MR) is 275 cm³/mol. The van der Waals surface area contributed by atoms with Gasteiger partial charge in [-0.25, -0.2) is 0 Å². The van der Waals surface area contributed by atoms with Crippen molar-refractivity contribution in [3.63, 3.8) is 0 Å². The van der Waals surface area contributed by atoms with Crippen molar-refractivity contribution < 1.29 is 17.2 Å². The van der Waals surface area contributed by atoms with Crippen LogP contribution in [0.25, 0.3) is 21.5 Å². The summed E-state index contributed by atoms with van der Waals surface area (Å²) in [7, 11) is 1.68. The van der Waals surface area contributed by atoms with E-state index in [1.165, 1.54) is 34.7 Å². The Labute approximate surface area is 386 Å². The van der Waals surface area contributed by atoms with Gasteiger partial charge in [0, 0.05) is 25.6 Å². The standard InChI is InChI=1S/C29H28N2O2.C27H24N2O.C2H6.2H2/c1-3-4-7-20-10-15-24(16-11-20)31-28(30-27-9-6-5-8-26(27)29(31)32)23-13-12-22-19-25(33-2)17-14-21(22)18-23;1-18(2)19-13-15-23(16-14-19)29-26(28-25-10-6-5-9-24(25)27(29)30)22-12-11-20-7-3-4-8-21(20)17-22;1-2;;/h5-6,8-19,28,30H,3-4,7H2,1-2H3;3-18,26,28H,1-2H3;1-2H3;2*1H. The number of unbranched alkanes of at least 4 members (excludes halogenated alkanes) is 1. The van der Waals surface area contributed by atoms with Crippen LogP contribution in [0.15, 0.2) is 176 Å². The number of nitrogens with one attached hydrogen (secondary N) is 2. The molecule has 2 N–H and O–H groups in total. The highest BCUT2D eigenvalue weighted by Gasteiger charge is 2.35. The summed E-state index contributed by atoms with van der Waals surface area (Å²) in [6.07, 6.45) is 2.82. The molecule has 2 amide bonds. The Kier molecular flexibility index (Phi) is 13.6. The average molecular weight is 863 g/mol. The van der Waals surface area contributed by atoms with E-state index in [9.17, 15) is 9.59 Å². The first-order chi connectivity index (χ1) is 31.8. The number of amides is 2. The Morgan fingerprint density at radius 2 is 1.02 bits per heavy atom. The molecule has 0 spiro atoms. The van der Waals surface area contributed by atoms with Gasteiger partial charge < -0.3 is 15.4 Å². The summed E-state index contributed by atoms with van der Waals surface area (Å²) in [6, 6.07) is 59.3. The molecule has 0 saturated heterocycles. The fourth-order valence-corrected chi connectivity index (χ4v) is 8.65. The van der Waals surface area contributed by atoms with Crippen molar-refractivity contribution in [2.75, 3.05) is 27.5 Å². The molecule has 7 nitrogen and oxygen atoms in total. The van der Waals surface area contributed by atoms with Crippen LogP contribution in [0.1, 0.15) is 112 Å². The third-order valence-electron chi connectivity index (χ3n) is 12.2. The first-order valence-corrected chi connectivity index (χ1v) is 22.9. The van der Waals surface area contributed by atoms with E-state index >= 15 is 0 Å². The number of para-hydroxylation sites is 2. The van der Waals surface area contributed by atoms with Crippen molar-refractivity contribution in [1.82, 2.24) is 0 Å². The Bertz CT molecular complexity index is 2940. The molecule has 0 saturated carbocycles. The fraction of sp³-hybridized carbons (Fsp3) is 0.207.